The van der Waals surface area contributed by atoms with Gasteiger partial charge in [0.15, 0.2) is 0 Å². The Kier molecular flexibility index (Phi) is 5.16. The van der Waals surface area contributed by atoms with Crippen molar-refractivity contribution in [1.29, 1.82) is 0 Å². The third kappa shape index (κ3) is 3.99. The van der Waals surface area contributed by atoms with E-state index >= 15 is 0 Å². The lowest BCUT2D eigenvalue weighted by Crippen LogP contribution is -2.19. The molecule has 0 atom stereocenters. The van der Waals surface area contributed by atoms with Gasteiger partial charge in [0.2, 0.25) is 5.82 Å². The summed E-state index contributed by atoms with van der Waals surface area (Å²) in [7, 11) is 0. The van der Waals surface area contributed by atoms with Crippen LogP contribution in [0, 0.1) is 13.8 Å². The summed E-state index contributed by atoms with van der Waals surface area (Å²) in [6.45, 7) is 3.70. The number of hydrogen-bond donors (Lipinski definition) is 2. The van der Waals surface area contributed by atoms with E-state index < -0.39 is 5.91 Å². The number of benzene rings is 2. The summed E-state index contributed by atoms with van der Waals surface area (Å²) in [6, 6.07) is 15.3. The predicted octanol–water partition coefficient (Wildman–Crippen LogP) is 3.90. The molecule has 0 bridgehead atoms. The lowest BCUT2D eigenvalue weighted by Gasteiger charge is -2.10. The Labute approximate surface area is 176 Å². The number of nitrogens with zero attached hydrogens (tertiary/aromatic N) is 4. The quantitative estimate of drug-likeness (QED) is 0.521. The predicted molar refractivity (Wildman–Crippen MR) is 114 cm³/mol. The molecule has 2 aromatic carbocycles. The summed E-state index contributed by atoms with van der Waals surface area (Å²) in [6.07, 6.45) is 0. The molecule has 2 aromatic heterocycles. The van der Waals surface area contributed by atoms with E-state index in [1.807, 2.05) is 19.9 Å². The molecule has 2 N–H and O–H groups in total. The van der Waals surface area contributed by atoms with Crippen LogP contribution in [-0.4, -0.2) is 31.4 Å². The highest BCUT2D eigenvalue weighted by molar-refractivity contribution is 6.30. The van der Waals surface area contributed by atoms with E-state index in [0.717, 1.165) is 11.4 Å². The number of anilines is 2. The number of halogens is 1. The number of nitrogens with one attached hydrogen (secondary N) is 2. The van der Waals surface area contributed by atoms with Crippen molar-refractivity contribution >= 4 is 40.6 Å². The third-order valence-electron chi connectivity index (χ3n) is 4.34. The lowest BCUT2D eigenvalue weighted by atomic mass is 10.1. The van der Waals surface area contributed by atoms with E-state index in [-0.39, 0.29) is 11.7 Å². The summed E-state index contributed by atoms with van der Waals surface area (Å²) in [5.74, 6) is -0.607. The largest absolute Gasteiger partial charge is 0.322 e. The van der Waals surface area contributed by atoms with Crippen LogP contribution in [0.3, 0.4) is 0 Å². The van der Waals surface area contributed by atoms with E-state index in [1.165, 1.54) is 4.52 Å². The number of amides is 2. The molecule has 0 fully saturated rings. The maximum atomic E-state index is 12.7. The second kappa shape index (κ2) is 7.92. The van der Waals surface area contributed by atoms with Crippen LogP contribution < -0.4 is 10.6 Å². The maximum absolute atomic E-state index is 12.7. The number of aryl methyl sites for hydroxylation is 2. The van der Waals surface area contributed by atoms with E-state index in [4.69, 9.17) is 11.6 Å². The van der Waals surface area contributed by atoms with Gasteiger partial charge in [0.1, 0.15) is 0 Å². The van der Waals surface area contributed by atoms with Gasteiger partial charge in [-0.05, 0) is 56.3 Å². The fourth-order valence-corrected chi connectivity index (χ4v) is 3.09. The third-order valence-corrected chi connectivity index (χ3v) is 4.60. The first-order chi connectivity index (χ1) is 14.4. The van der Waals surface area contributed by atoms with Crippen LogP contribution in [0.1, 0.15) is 32.4 Å². The van der Waals surface area contributed by atoms with Crippen molar-refractivity contribution < 1.29 is 9.59 Å². The first-order valence-electron chi connectivity index (χ1n) is 9.09. The zero-order chi connectivity index (χ0) is 21.3. The number of rotatable bonds is 4. The first-order valence-corrected chi connectivity index (χ1v) is 9.47. The molecule has 2 heterocycles. The molecule has 150 valence electrons. The van der Waals surface area contributed by atoms with Crippen LogP contribution in [-0.2, 0) is 0 Å². The monoisotopic (exact) mass is 420 g/mol. The van der Waals surface area contributed by atoms with Crippen molar-refractivity contribution in [3.63, 3.8) is 0 Å². The Bertz CT molecular complexity index is 1270. The average molecular weight is 421 g/mol. The SMILES string of the molecule is Cc1cc(C)n2nc(C(=O)Nc3ccccc3C(=O)Nc3ccc(Cl)cc3)nc2n1. The minimum Gasteiger partial charge on any atom is -0.322 e. The second-order valence-corrected chi connectivity index (χ2v) is 7.08. The highest BCUT2D eigenvalue weighted by atomic mass is 35.5. The second-order valence-electron chi connectivity index (χ2n) is 6.65. The highest BCUT2D eigenvalue weighted by Crippen LogP contribution is 2.19. The van der Waals surface area contributed by atoms with Crippen molar-refractivity contribution in [1.82, 2.24) is 19.6 Å². The minimum atomic E-state index is -0.538. The van der Waals surface area contributed by atoms with Gasteiger partial charge in [-0.3, -0.25) is 9.59 Å². The molecule has 0 unspecified atom stereocenters. The van der Waals surface area contributed by atoms with Crippen molar-refractivity contribution in [2.24, 2.45) is 0 Å². The molecular weight excluding hydrogens is 404 g/mol. The average Bonchev–Trinajstić information content (AvgIpc) is 3.15. The Morgan fingerprint density at radius 2 is 1.67 bits per heavy atom. The van der Waals surface area contributed by atoms with Crippen molar-refractivity contribution in [2.75, 3.05) is 10.6 Å². The fourth-order valence-electron chi connectivity index (χ4n) is 2.96. The van der Waals surface area contributed by atoms with Crippen molar-refractivity contribution in [3.05, 3.63) is 82.4 Å². The van der Waals surface area contributed by atoms with Crippen molar-refractivity contribution in [3.8, 4) is 0 Å². The number of aromatic nitrogens is 4. The Morgan fingerprint density at radius 1 is 0.933 bits per heavy atom. The molecule has 0 aliphatic carbocycles. The zero-order valence-electron chi connectivity index (χ0n) is 16.2. The number of fused-ring (bicyclic) bond motifs is 1. The number of hydrogen-bond acceptors (Lipinski definition) is 5. The van der Waals surface area contributed by atoms with Gasteiger partial charge in [0.25, 0.3) is 17.6 Å². The summed E-state index contributed by atoms with van der Waals surface area (Å²) in [5.41, 5.74) is 2.82. The molecule has 9 heteroatoms. The molecule has 0 saturated carbocycles. The Balaban J connectivity index is 1.58. The smallest absolute Gasteiger partial charge is 0.295 e. The van der Waals surface area contributed by atoms with Gasteiger partial charge in [-0.25, -0.2) is 9.50 Å². The maximum Gasteiger partial charge on any atom is 0.295 e. The molecule has 4 aromatic rings. The molecule has 8 nitrogen and oxygen atoms in total. The van der Waals surface area contributed by atoms with Gasteiger partial charge >= 0.3 is 0 Å². The van der Waals surface area contributed by atoms with Crippen LogP contribution in [0.4, 0.5) is 11.4 Å². The van der Waals surface area contributed by atoms with Crippen LogP contribution in [0.25, 0.3) is 5.78 Å². The summed E-state index contributed by atoms with van der Waals surface area (Å²) < 4.78 is 1.50. The van der Waals surface area contributed by atoms with E-state index in [2.05, 4.69) is 25.7 Å². The molecule has 0 radical (unpaired) electrons. The first kappa shape index (κ1) is 19.5. The molecule has 30 heavy (non-hydrogen) atoms. The van der Waals surface area contributed by atoms with Gasteiger partial charge in [-0.2, -0.15) is 4.98 Å². The summed E-state index contributed by atoms with van der Waals surface area (Å²) >= 11 is 5.88. The lowest BCUT2D eigenvalue weighted by molar-refractivity contribution is 0.101. The summed E-state index contributed by atoms with van der Waals surface area (Å²) in [5, 5.41) is 10.3. The van der Waals surface area contributed by atoms with Gasteiger partial charge in [0.05, 0.1) is 11.3 Å². The molecule has 0 aliphatic heterocycles. The van der Waals surface area contributed by atoms with Crippen molar-refractivity contribution in [2.45, 2.75) is 13.8 Å². The number of carbonyl (C=O) groups is 2. The fraction of sp³-hybridized carbons (Fsp3) is 0.0952. The van der Waals surface area contributed by atoms with Gasteiger partial charge < -0.3 is 10.6 Å². The Hall–Kier alpha value is -3.78. The molecule has 2 amide bonds. The van der Waals surface area contributed by atoms with E-state index in [9.17, 15) is 9.59 Å². The molecule has 0 aliphatic rings. The van der Waals surface area contributed by atoms with E-state index in [1.54, 1.807) is 48.5 Å². The number of para-hydroxylation sites is 1. The standard InChI is InChI=1S/C21H17ClN6O2/c1-12-11-13(2)28-21(23-12)26-18(27-28)20(30)25-17-6-4-3-5-16(17)19(29)24-15-9-7-14(22)8-10-15/h3-11H,1-2H3,(H,24,29)(H,25,30). The van der Waals surface area contributed by atoms with Crippen LogP contribution in [0.2, 0.25) is 5.02 Å². The molecule has 0 spiro atoms. The van der Waals surface area contributed by atoms with Gasteiger partial charge in [-0.1, -0.05) is 23.7 Å². The van der Waals surface area contributed by atoms with Gasteiger partial charge in [0, 0.05) is 22.1 Å². The van der Waals surface area contributed by atoms with Crippen LogP contribution in [0.5, 0.6) is 0 Å². The normalized spacial score (nSPS) is 10.8. The van der Waals surface area contributed by atoms with Crippen LogP contribution >= 0.6 is 11.6 Å². The zero-order valence-corrected chi connectivity index (χ0v) is 16.9. The Morgan fingerprint density at radius 3 is 2.43 bits per heavy atom. The van der Waals surface area contributed by atoms with Gasteiger partial charge in [-0.15, -0.1) is 5.10 Å². The van der Waals surface area contributed by atoms with E-state index in [0.29, 0.717) is 27.7 Å². The molecule has 4 rings (SSSR count). The highest BCUT2D eigenvalue weighted by Gasteiger charge is 2.18. The topological polar surface area (TPSA) is 101 Å². The number of carbonyl (C=O) groups excluding carboxylic acids is 2. The minimum absolute atomic E-state index is 0.0379. The molecule has 0 saturated heterocycles. The van der Waals surface area contributed by atoms with Crippen LogP contribution in [0.15, 0.2) is 54.6 Å². The molecular formula is C21H17ClN6O2. The summed E-state index contributed by atoms with van der Waals surface area (Å²) in [4.78, 5) is 33.9.